The number of rotatable bonds is 6. The zero-order chi connectivity index (χ0) is 25.8. The van der Waals surface area contributed by atoms with Crippen LogP contribution in [-0.2, 0) is 11.0 Å². The molecule has 3 amide bonds. The minimum atomic E-state index is -4.47. The molecule has 10 heteroatoms. The van der Waals surface area contributed by atoms with E-state index in [-0.39, 0.29) is 55.4 Å². The lowest BCUT2D eigenvalue weighted by molar-refractivity contribution is -0.137. The summed E-state index contributed by atoms with van der Waals surface area (Å²) in [5.41, 5.74) is -0.262. The van der Waals surface area contributed by atoms with Crippen LogP contribution in [0.25, 0.3) is 0 Å². The summed E-state index contributed by atoms with van der Waals surface area (Å²) in [7, 11) is 1.53. The lowest BCUT2D eigenvalue weighted by atomic mass is 10.0. The van der Waals surface area contributed by atoms with Crippen LogP contribution in [0.15, 0.2) is 48.5 Å². The maximum absolute atomic E-state index is 13.2. The summed E-state index contributed by atoms with van der Waals surface area (Å²) in [4.78, 5) is 41.7. The van der Waals surface area contributed by atoms with Crippen molar-refractivity contribution in [2.24, 2.45) is 5.92 Å². The van der Waals surface area contributed by atoms with E-state index in [1.165, 1.54) is 12.0 Å². The lowest BCUT2D eigenvalue weighted by Gasteiger charge is -2.37. The van der Waals surface area contributed by atoms with Crippen LogP contribution in [0.5, 0.6) is 5.75 Å². The van der Waals surface area contributed by atoms with Gasteiger partial charge in [0, 0.05) is 37.3 Å². The molecule has 1 heterocycles. The number of halogens is 3. The quantitative estimate of drug-likeness (QED) is 0.672. The summed E-state index contributed by atoms with van der Waals surface area (Å²) in [6.07, 6.45) is -4.47. The van der Waals surface area contributed by atoms with Crippen LogP contribution in [0.1, 0.15) is 40.1 Å². The Bertz CT molecular complexity index is 1050. The van der Waals surface area contributed by atoms with Crippen molar-refractivity contribution in [3.63, 3.8) is 0 Å². The van der Waals surface area contributed by atoms with Crippen molar-refractivity contribution >= 4 is 17.7 Å². The molecule has 0 aliphatic carbocycles. The minimum Gasteiger partial charge on any atom is -0.497 e. The first kappa shape index (κ1) is 26.1. The van der Waals surface area contributed by atoms with Crippen LogP contribution < -0.4 is 10.1 Å². The molecule has 1 fully saturated rings. The Balaban J connectivity index is 1.59. The number of benzene rings is 2. The third-order valence-corrected chi connectivity index (χ3v) is 5.91. The number of amides is 3. The first-order chi connectivity index (χ1) is 16.5. The molecule has 7 nitrogen and oxygen atoms in total. The molecule has 1 aliphatic heterocycles. The second kappa shape index (κ2) is 10.8. The van der Waals surface area contributed by atoms with Crippen molar-refractivity contribution in [1.29, 1.82) is 0 Å². The van der Waals surface area contributed by atoms with Gasteiger partial charge in [0.2, 0.25) is 5.91 Å². The fourth-order valence-electron chi connectivity index (χ4n) is 3.79. The van der Waals surface area contributed by atoms with Gasteiger partial charge < -0.3 is 19.9 Å². The van der Waals surface area contributed by atoms with Crippen molar-refractivity contribution in [2.75, 3.05) is 33.3 Å². The number of methoxy groups -OCH3 is 1. The molecule has 0 spiro atoms. The number of nitrogens with one attached hydrogen (secondary N) is 1. The van der Waals surface area contributed by atoms with Crippen LogP contribution in [0.2, 0.25) is 0 Å². The second-order valence-corrected chi connectivity index (χ2v) is 8.62. The highest BCUT2D eigenvalue weighted by molar-refractivity contribution is 5.98. The van der Waals surface area contributed by atoms with Gasteiger partial charge in [-0.2, -0.15) is 13.2 Å². The predicted octanol–water partition coefficient (Wildman–Crippen LogP) is 3.45. The molecule has 0 bridgehead atoms. The summed E-state index contributed by atoms with van der Waals surface area (Å²) >= 11 is 0. The first-order valence-electron chi connectivity index (χ1n) is 11.2. The van der Waals surface area contributed by atoms with E-state index >= 15 is 0 Å². The standard InChI is InChI=1S/C25H28F3N3O4/c1-16(2)21(29-22(32)17-6-10-20(35-3)11-7-17)24(34)31-14-12-30(13-15-31)23(33)18-4-8-19(9-5-18)25(26,27)28/h4-11,16,21H,12-15H2,1-3H3,(H,29,32). The normalized spacial score (nSPS) is 15.1. The highest BCUT2D eigenvalue weighted by Crippen LogP contribution is 2.29. The molecule has 1 aliphatic rings. The molecule has 2 aromatic carbocycles. The monoisotopic (exact) mass is 491 g/mol. The van der Waals surface area contributed by atoms with E-state index in [0.717, 1.165) is 24.3 Å². The molecule has 1 saturated heterocycles. The topological polar surface area (TPSA) is 79.0 Å². The Morgan fingerprint density at radius 2 is 1.37 bits per heavy atom. The number of carbonyl (C=O) groups excluding carboxylic acids is 3. The van der Waals surface area contributed by atoms with Crippen LogP contribution in [0.4, 0.5) is 13.2 Å². The molecule has 188 valence electrons. The molecular formula is C25H28F3N3O4. The Hall–Kier alpha value is -3.56. The van der Waals surface area contributed by atoms with Crippen molar-refractivity contribution < 1.29 is 32.3 Å². The van der Waals surface area contributed by atoms with E-state index in [9.17, 15) is 27.6 Å². The average molecular weight is 492 g/mol. The minimum absolute atomic E-state index is 0.157. The number of alkyl halides is 3. The molecule has 1 atom stereocenters. The molecule has 2 aromatic rings. The zero-order valence-corrected chi connectivity index (χ0v) is 19.8. The number of nitrogens with zero attached hydrogens (tertiary/aromatic N) is 2. The van der Waals surface area contributed by atoms with Crippen LogP contribution in [-0.4, -0.2) is 66.9 Å². The van der Waals surface area contributed by atoms with Crippen molar-refractivity contribution in [2.45, 2.75) is 26.1 Å². The van der Waals surface area contributed by atoms with E-state index < -0.39 is 17.8 Å². The van der Waals surface area contributed by atoms with E-state index in [0.29, 0.717) is 11.3 Å². The van der Waals surface area contributed by atoms with Crippen molar-refractivity contribution in [3.05, 3.63) is 65.2 Å². The maximum atomic E-state index is 13.2. The summed E-state index contributed by atoms with van der Waals surface area (Å²) in [6.45, 7) is 4.66. The predicted molar refractivity (Wildman–Crippen MR) is 123 cm³/mol. The summed E-state index contributed by atoms with van der Waals surface area (Å²) < 4.78 is 43.4. The fourth-order valence-corrected chi connectivity index (χ4v) is 3.79. The Kier molecular flexibility index (Phi) is 8.03. The third kappa shape index (κ3) is 6.32. The molecule has 3 rings (SSSR count). The van der Waals surface area contributed by atoms with Gasteiger partial charge in [-0.05, 0) is 54.4 Å². The maximum Gasteiger partial charge on any atom is 0.416 e. The molecule has 0 aromatic heterocycles. The van der Waals surface area contributed by atoms with E-state index in [1.54, 1.807) is 29.2 Å². The van der Waals surface area contributed by atoms with Crippen molar-refractivity contribution in [3.8, 4) is 5.75 Å². The fraction of sp³-hybridized carbons (Fsp3) is 0.400. The zero-order valence-electron chi connectivity index (χ0n) is 19.8. The van der Waals surface area contributed by atoms with Gasteiger partial charge >= 0.3 is 6.18 Å². The molecule has 1 unspecified atom stereocenters. The molecule has 1 N–H and O–H groups in total. The largest absolute Gasteiger partial charge is 0.497 e. The smallest absolute Gasteiger partial charge is 0.416 e. The van der Waals surface area contributed by atoms with Crippen molar-refractivity contribution in [1.82, 2.24) is 15.1 Å². The molecular weight excluding hydrogens is 463 g/mol. The van der Waals surface area contributed by atoms with Gasteiger partial charge in [-0.3, -0.25) is 14.4 Å². The van der Waals surface area contributed by atoms with Gasteiger partial charge in [0.25, 0.3) is 11.8 Å². The van der Waals surface area contributed by atoms with Crippen LogP contribution in [0, 0.1) is 5.92 Å². The summed E-state index contributed by atoms with van der Waals surface area (Å²) in [5.74, 6) is -0.573. The molecule has 0 saturated carbocycles. The number of ether oxygens (including phenoxy) is 1. The van der Waals surface area contributed by atoms with Gasteiger partial charge in [-0.25, -0.2) is 0 Å². The highest BCUT2D eigenvalue weighted by atomic mass is 19.4. The Morgan fingerprint density at radius 1 is 0.857 bits per heavy atom. The van der Waals surface area contributed by atoms with Crippen LogP contribution in [0.3, 0.4) is 0 Å². The Labute approximate surface area is 201 Å². The van der Waals surface area contributed by atoms with Gasteiger partial charge in [0.05, 0.1) is 12.7 Å². The number of carbonyl (C=O) groups is 3. The van der Waals surface area contributed by atoms with Crippen LogP contribution >= 0.6 is 0 Å². The molecule has 0 radical (unpaired) electrons. The van der Waals surface area contributed by atoms with E-state index in [4.69, 9.17) is 4.74 Å². The summed E-state index contributed by atoms with van der Waals surface area (Å²) in [5, 5.41) is 2.80. The molecule has 35 heavy (non-hydrogen) atoms. The van der Waals surface area contributed by atoms with E-state index in [1.807, 2.05) is 13.8 Å². The number of hydrogen-bond acceptors (Lipinski definition) is 4. The average Bonchev–Trinajstić information content (AvgIpc) is 2.85. The van der Waals surface area contributed by atoms with Gasteiger partial charge in [-0.1, -0.05) is 13.8 Å². The van der Waals surface area contributed by atoms with Gasteiger partial charge in [-0.15, -0.1) is 0 Å². The van der Waals surface area contributed by atoms with E-state index in [2.05, 4.69) is 5.32 Å². The van der Waals surface area contributed by atoms with Gasteiger partial charge in [0.15, 0.2) is 0 Å². The Morgan fingerprint density at radius 3 is 1.86 bits per heavy atom. The third-order valence-electron chi connectivity index (χ3n) is 5.91. The number of hydrogen-bond donors (Lipinski definition) is 1. The summed E-state index contributed by atoms with van der Waals surface area (Å²) in [6, 6.07) is 9.88. The SMILES string of the molecule is COc1ccc(C(=O)NC(C(=O)N2CCN(C(=O)c3ccc(C(F)(F)F)cc3)CC2)C(C)C)cc1. The first-order valence-corrected chi connectivity index (χ1v) is 11.2. The highest BCUT2D eigenvalue weighted by Gasteiger charge is 2.33. The second-order valence-electron chi connectivity index (χ2n) is 8.62. The number of piperazine rings is 1. The lowest BCUT2D eigenvalue weighted by Crippen LogP contribution is -2.57. The van der Waals surface area contributed by atoms with Gasteiger partial charge in [0.1, 0.15) is 11.8 Å².